The van der Waals surface area contributed by atoms with Crippen molar-refractivity contribution in [1.82, 2.24) is 14.5 Å². The fourth-order valence-corrected chi connectivity index (χ4v) is 8.51. The van der Waals surface area contributed by atoms with Crippen LogP contribution in [0.5, 0.6) is 0 Å². The van der Waals surface area contributed by atoms with Crippen molar-refractivity contribution in [2.24, 2.45) is 0 Å². The summed E-state index contributed by atoms with van der Waals surface area (Å²) in [6, 6.07) is 66.2. The van der Waals surface area contributed by atoms with Gasteiger partial charge in [0.1, 0.15) is 11.3 Å². The molecule has 10 aromatic rings. The van der Waals surface area contributed by atoms with Crippen LogP contribution in [-0.2, 0) is 6.42 Å². The Morgan fingerprint density at radius 1 is 0.446 bits per heavy atom. The van der Waals surface area contributed by atoms with Gasteiger partial charge >= 0.3 is 0 Å². The number of rotatable bonds is 6. The highest BCUT2D eigenvalue weighted by atomic mass is 16.3. The molecular weight excluding hydrogens is 683 g/mol. The summed E-state index contributed by atoms with van der Waals surface area (Å²) < 4.78 is 9.13. The molecule has 1 atom stereocenters. The molecule has 0 aliphatic heterocycles. The molecule has 0 radical (unpaired) electrons. The fraction of sp³-hybridized carbons (Fsp3) is 0.0385. The van der Waals surface area contributed by atoms with Crippen molar-refractivity contribution in [2.45, 2.75) is 12.5 Å². The molecule has 0 fully saturated rings. The van der Waals surface area contributed by atoms with E-state index in [0.29, 0.717) is 5.82 Å². The Balaban J connectivity index is 1.09. The van der Waals surface area contributed by atoms with Crippen LogP contribution in [0.3, 0.4) is 0 Å². The van der Waals surface area contributed by atoms with Gasteiger partial charge < -0.3 is 8.98 Å². The molecule has 264 valence electrons. The van der Waals surface area contributed by atoms with Gasteiger partial charge in [0.05, 0.1) is 22.9 Å². The number of aromatic nitrogens is 3. The zero-order chi connectivity index (χ0) is 37.0. The molecule has 0 amide bonds. The van der Waals surface area contributed by atoms with Crippen molar-refractivity contribution in [3.63, 3.8) is 0 Å². The van der Waals surface area contributed by atoms with E-state index >= 15 is 0 Å². The largest absolute Gasteiger partial charge is 0.456 e. The van der Waals surface area contributed by atoms with Gasteiger partial charge in [-0.05, 0) is 47.0 Å². The second-order valence-corrected chi connectivity index (χ2v) is 14.5. The predicted octanol–water partition coefficient (Wildman–Crippen LogP) is 13.2. The predicted molar refractivity (Wildman–Crippen MR) is 229 cm³/mol. The Morgan fingerprint density at radius 2 is 0.982 bits per heavy atom. The highest BCUT2D eigenvalue weighted by Crippen LogP contribution is 2.44. The molecule has 4 nitrogen and oxygen atoms in total. The van der Waals surface area contributed by atoms with E-state index in [1.807, 2.05) is 12.1 Å². The quantitative estimate of drug-likeness (QED) is 0.172. The summed E-state index contributed by atoms with van der Waals surface area (Å²) in [4.78, 5) is 10.5. The van der Waals surface area contributed by atoms with Crippen molar-refractivity contribution < 1.29 is 4.42 Å². The zero-order valence-electron chi connectivity index (χ0n) is 30.5. The maximum Gasteiger partial charge on any atom is 0.160 e. The Hall–Kier alpha value is -7.30. The monoisotopic (exact) mass is 717 g/mol. The second-order valence-electron chi connectivity index (χ2n) is 14.5. The van der Waals surface area contributed by atoms with Crippen LogP contribution in [0.25, 0.3) is 83.4 Å². The van der Waals surface area contributed by atoms with E-state index in [-0.39, 0.29) is 6.04 Å². The lowest BCUT2D eigenvalue weighted by Crippen LogP contribution is -2.15. The van der Waals surface area contributed by atoms with Gasteiger partial charge in [0, 0.05) is 55.9 Å². The molecular formula is C52H35N3O. The number of hydrogen-bond acceptors (Lipinski definition) is 3. The smallest absolute Gasteiger partial charge is 0.160 e. The minimum atomic E-state index is 0.0339. The zero-order valence-corrected chi connectivity index (χ0v) is 30.5. The molecule has 0 spiro atoms. The van der Waals surface area contributed by atoms with Crippen LogP contribution in [0.1, 0.15) is 22.9 Å². The Bertz CT molecular complexity index is 3090. The summed E-state index contributed by atoms with van der Waals surface area (Å²) in [6.07, 6.45) is 3.21. The lowest BCUT2D eigenvalue weighted by molar-refractivity contribution is 0.567. The topological polar surface area (TPSA) is 43.9 Å². The lowest BCUT2D eigenvalue weighted by Gasteiger charge is -2.24. The lowest BCUT2D eigenvalue weighted by atomic mass is 9.88. The summed E-state index contributed by atoms with van der Waals surface area (Å²) in [6.45, 7) is 0. The van der Waals surface area contributed by atoms with E-state index in [0.717, 1.165) is 62.5 Å². The summed E-state index contributed by atoms with van der Waals surface area (Å²) in [5.74, 6) is 1.66. The Kier molecular flexibility index (Phi) is 7.59. The van der Waals surface area contributed by atoms with Crippen molar-refractivity contribution in [2.75, 3.05) is 0 Å². The normalized spacial score (nSPS) is 13.9. The molecule has 3 aromatic heterocycles. The highest BCUT2D eigenvalue weighted by Gasteiger charge is 2.29. The molecule has 1 aliphatic carbocycles. The number of hydrogen-bond donors (Lipinski definition) is 0. The van der Waals surface area contributed by atoms with Crippen LogP contribution in [0, 0.1) is 0 Å². The molecule has 0 saturated heterocycles. The van der Waals surface area contributed by atoms with Gasteiger partial charge in [0.15, 0.2) is 5.82 Å². The van der Waals surface area contributed by atoms with Crippen molar-refractivity contribution in [3.8, 4) is 45.0 Å². The molecule has 0 N–H and O–H groups in total. The van der Waals surface area contributed by atoms with Gasteiger partial charge in [-0.25, -0.2) is 9.97 Å². The van der Waals surface area contributed by atoms with Crippen molar-refractivity contribution in [1.29, 1.82) is 0 Å². The van der Waals surface area contributed by atoms with Gasteiger partial charge in [-0.1, -0.05) is 164 Å². The van der Waals surface area contributed by atoms with Crippen LogP contribution in [0.4, 0.5) is 0 Å². The molecule has 56 heavy (non-hydrogen) atoms. The Labute approximate surface area is 324 Å². The third-order valence-electron chi connectivity index (χ3n) is 11.2. The van der Waals surface area contributed by atoms with E-state index in [2.05, 4.69) is 187 Å². The SMILES string of the molecule is C1=C(c2ccccc2)c2oc3ccccc3c2CC1n1c2ccccc2c2ccc(-c3nc(-c4ccccc4)cc(-c4ccc(-c5ccccc5)cc4)n3)cc21. The first-order valence-electron chi connectivity index (χ1n) is 19.2. The minimum absolute atomic E-state index is 0.0339. The number of nitrogens with zero attached hydrogens (tertiary/aromatic N) is 3. The van der Waals surface area contributed by atoms with Crippen molar-refractivity contribution >= 4 is 38.3 Å². The summed E-state index contributed by atoms with van der Waals surface area (Å²) in [5.41, 5.74) is 14.0. The maximum absolute atomic E-state index is 6.61. The molecule has 7 aromatic carbocycles. The molecule has 0 saturated carbocycles. The fourth-order valence-electron chi connectivity index (χ4n) is 8.51. The third-order valence-corrected chi connectivity index (χ3v) is 11.2. The summed E-state index contributed by atoms with van der Waals surface area (Å²) in [7, 11) is 0. The first kappa shape index (κ1) is 32.2. The van der Waals surface area contributed by atoms with Crippen LogP contribution >= 0.6 is 0 Å². The average Bonchev–Trinajstić information content (AvgIpc) is 3.82. The van der Waals surface area contributed by atoms with Crippen LogP contribution in [-0.4, -0.2) is 14.5 Å². The van der Waals surface area contributed by atoms with Gasteiger partial charge in [0.2, 0.25) is 0 Å². The van der Waals surface area contributed by atoms with E-state index in [9.17, 15) is 0 Å². The molecule has 0 bridgehead atoms. The minimum Gasteiger partial charge on any atom is -0.456 e. The second kappa shape index (κ2) is 13.2. The highest BCUT2D eigenvalue weighted by molar-refractivity contribution is 6.09. The van der Waals surface area contributed by atoms with Gasteiger partial charge in [-0.2, -0.15) is 0 Å². The average molecular weight is 718 g/mol. The van der Waals surface area contributed by atoms with Gasteiger partial charge in [-0.15, -0.1) is 0 Å². The summed E-state index contributed by atoms with van der Waals surface area (Å²) in [5, 5.41) is 3.61. The van der Waals surface area contributed by atoms with Crippen LogP contribution < -0.4 is 0 Å². The van der Waals surface area contributed by atoms with E-state index in [1.54, 1.807) is 0 Å². The molecule has 3 heterocycles. The number of para-hydroxylation sites is 2. The molecule has 1 unspecified atom stereocenters. The van der Waals surface area contributed by atoms with Crippen LogP contribution in [0.2, 0.25) is 0 Å². The molecule has 11 rings (SSSR count). The van der Waals surface area contributed by atoms with E-state index in [1.165, 1.54) is 38.4 Å². The first-order chi connectivity index (χ1) is 27.7. The molecule has 4 heteroatoms. The standard InChI is InChI=1S/C52H35N3O/c1-4-14-34(15-5-1)35-24-26-38(27-25-35)47-33-46(37-18-8-3-9-19-37)53-52(54-47)39-28-29-42-41-20-10-12-22-48(41)55(49(42)30-39)40-31-44(36-16-6-2-7-17-36)51-45(32-40)43-21-11-13-23-50(43)56-51/h1-31,33,40H,32H2. The van der Waals surface area contributed by atoms with E-state index in [4.69, 9.17) is 14.4 Å². The summed E-state index contributed by atoms with van der Waals surface area (Å²) >= 11 is 0. The molecule has 1 aliphatic rings. The number of fused-ring (bicyclic) bond motifs is 6. The Morgan fingerprint density at radius 3 is 1.71 bits per heavy atom. The maximum atomic E-state index is 6.61. The van der Waals surface area contributed by atoms with Gasteiger partial charge in [-0.3, -0.25) is 0 Å². The number of benzene rings is 7. The van der Waals surface area contributed by atoms with E-state index < -0.39 is 0 Å². The van der Waals surface area contributed by atoms with Crippen molar-refractivity contribution in [3.05, 3.63) is 211 Å². The third kappa shape index (κ3) is 5.46. The number of furan rings is 1. The first-order valence-corrected chi connectivity index (χ1v) is 19.2. The van der Waals surface area contributed by atoms with Crippen LogP contribution in [0.15, 0.2) is 199 Å². The van der Waals surface area contributed by atoms with Gasteiger partial charge in [0.25, 0.3) is 0 Å². The number of allylic oxidation sites excluding steroid dienone is 1.